The van der Waals surface area contributed by atoms with Crippen LogP contribution in [0.5, 0.6) is 0 Å². The fourth-order valence-electron chi connectivity index (χ4n) is 4.89. The minimum Gasteiger partial charge on any atom is -0.341 e. The number of fused-ring (bicyclic) bond motifs is 2. The van der Waals surface area contributed by atoms with Crippen LogP contribution in [0.4, 0.5) is 5.95 Å². The van der Waals surface area contributed by atoms with Crippen LogP contribution in [0.3, 0.4) is 0 Å². The van der Waals surface area contributed by atoms with Crippen LogP contribution in [0.25, 0.3) is 10.9 Å². The van der Waals surface area contributed by atoms with Crippen LogP contribution in [0.15, 0.2) is 47.4 Å². The van der Waals surface area contributed by atoms with Gasteiger partial charge in [-0.3, -0.25) is 4.90 Å². The summed E-state index contributed by atoms with van der Waals surface area (Å²) < 4.78 is 23.9. The predicted octanol–water partition coefficient (Wildman–Crippen LogP) is 3.37. The van der Waals surface area contributed by atoms with E-state index in [0.29, 0.717) is 22.4 Å². The SMILES string of the molecule is Cc1nc(N2CCC(N3CCc4ccccc4C3)CC2)nc2cc(S(C)(=O)=O)ccc12. The quantitative estimate of drug-likeness (QED) is 0.627. The first-order valence-corrected chi connectivity index (χ1v) is 12.8. The molecule has 1 aromatic heterocycles. The minimum atomic E-state index is -3.27. The summed E-state index contributed by atoms with van der Waals surface area (Å²) in [5.74, 6) is 0.707. The highest BCUT2D eigenvalue weighted by atomic mass is 32.2. The number of anilines is 1. The van der Waals surface area contributed by atoms with Gasteiger partial charge in [-0.1, -0.05) is 24.3 Å². The molecule has 0 radical (unpaired) electrons. The van der Waals surface area contributed by atoms with Crippen molar-refractivity contribution in [3.05, 3.63) is 59.3 Å². The van der Waals surface area contributed by atoms with Gasteiger partial charge >= 0.3 is 0 Å². The number of sulfone groups is 1. The third-order valence-corrected chi connectivity index (χ3v) is 7.81. The van der Waals surface area contributed by atoms with E-state index >= 15 is 0 Å². The van der Waals surface area contributed by atoms with E-state index in [1.165, 1.54) is 17.4 Å². The Kier molecular flexibility index (Phi) is 5.18. The monoisotopic (exact) mass is 436 g/mol. The summed E-state index contributed by atoms with van der Waals surface area (Å²) in [6, 6.07) is 14.5. The Morgan fingerprint density at radius 3 is 2.45 bits per heavy atom. The maximum Gasteiger partial charge on any atom is 0.226 e. The number of nitrogens with zero attached hydrogens (tertiary/aromatic N) is 4. The number of aromatic nitrogens is 2. The molecule has 2 aromatic carbocycles. The molecule has 0 unspecified atom stereocenters. The summed E-state index contributed by atoms with van der Waals surface area (Å²) in [5.41, 5.74) is 4.53. The third-order valence-electron chi connectivity index (χ3n) is 6.70. The van der Waals surface area contributed by atoms with Gasteiger partial charge in [0.1, 0.15) is 0 Å². The molecule has 3 aromatic rings. The number of rotatable bonds is 3. The van der Waals surface area contributed by atoms with Crippen molar-refractivity contribution in [2.24, 2.45) is 0 Å². The second-order valence-corrected chi connectivity index (χ2v) is 10.8. The van der Waals surface area contributed by atoms with E-state index in [1.54, 1.807) is 12.1 Å². The van der Waals surface area contributed by atoms with E-state index in [4.69, 9.17) is 9.97 Å². The number of hydrogen-bond donors (Lipinski definition) is 0. The zero-order valence-corrected chi connectivity index (χ0v) is 18.9. The molecule has 2 aliphatic heterocycles. The number of aryl methyl sites for hydroxylation is 1. The van der Waals surface area contributed by atoms with Gasteiger partial charge in [-0.25, -0.2) is 18.4 Å². The molecule has 0 bridgehead atoms. The van der Waals surface area contributed by atoms with Gasteiger partial charge in [-0.05, 0) is 55.5 Å². The van der Waals surface area contributed by atoms with Crippen molar-refractivity contribution in [2.75, 3.05) is 30.8 Å². The standard InChI is InChI=1S/C24H28N4O2S/c1-17-22-8-7-21(31(2,29)30)15-23(22)26-24(25-17)27-13-10-20(11-14-27)28-12-9-18-5-3-4-6-19(18)16-28/h3-8,15,20H,9-14,16H2,1-2H3. The van der Waals surface area contributed by atoms with Gasteiger partial charge in [0.25, 0.3) is 0 Å². The minimum absolute atomic E-state index is 0.299. The predicted molar refractivity (Wildman–Crippen MR) is 123 cm³/mol. The molecule has 31 heavy (non-hydrogen) atoms. The molecule has 1 saturated heterocycles. The molecule has 2 aliphatic rings. The summed E-state index contributed by atoms with van der Waals surface area (Å²) in [5, 5.41) is 0.901. The molecule has 5 rings (SSSR count). The van der Waals surface area contributed by atoms with Crippen LogP contribution < -0.4 is 4.90 Å². The Hall–Kier alpha value is -2.51. The molecule has 0 atom stereocenters. The molecule has 7 heteroatoms. The van der Waals surface area contributed by atoms with Gasteiger partial charge in [-0.2, -0.15) is 0 Å². The van der Waals surface area contributed by atoms with Crippen molar-refractivity contribution < 1.29 is 8.42 Å². The fraction of sp³-hybridized carbons (Fsp3) is 0.417. The molecule has 3 heterocycles. The molecule has 162 valence electrons. The van der Waals surface area contributed by atoms with E-state index in [1.807, 2.05) is 13.0 Å². The Balaban J connectivity index is 1.32. The lowest BCUT2D eigenvalue weighted by Gasteiger charge is -2.40. The first kappa shape index (κ1) is 20.4. The van der Waals surface area contributed by atoms with Gasteiger partial charge in [-0.15, -0.1) is 0 Å². The second kappa shape index (κ2) is 7.88. The topological polar surface area (TPSA) is 66.4 Å². The zero-order chi connectivity index (χ0) is 21.6. The lowest BCUT2D eigenvalue weighted by atomic mass is 9.95. The zero-order valence-electron chi connectivity index (χ0n) is 18.1. The van der Waals surface area contributed by atoms with Gasteiger partial charge in [0, 0.05) is 43.9 Å². The first-order valence-electron chi connectivity index (χ1n) is 10.9. The fourth-order valence-corrected chi connectivity index (χ4v) is 5.53. The molecular weight excluding hydrogens is 408 g/mol. The van der Waals surface area contributed by atoms with E-state index in [9.17, 15) is 8.42 Å². The average molecular weight is 437 g/mol. The lowest BCUT2D eigenvalue weighted by molar-refractivity contribution is 0.153. The largest absolute Gasteiger partial charge is 0.341 e. The van der Waals surface area contributed by atoms with Gasteiger partial charge < -0.3 is 4.90 Å². The molecule has 1 fully saturated rings. The number of benzene rings is 2. The van der Waals surface area contributed by atoms with E-state index < -0.39 is 9.84 Å². The average Bonchev–Trinajstić information content (AvgIpc) is 2.78. The van der Waals surface area contributed by atoms with Crippen molar-refractivity contribution >= 4 is 26.7 Å². The highest BCUT2D eigenvalue weighted by Crippen LogP contribution is 2.28. The summed E-state index contributed by atoms with van der Waals surface area (Å²) in [6.07, 6.45) is 4.54. The van der Waals surface area contributed by atoms with E-state index in [2.05, 4.69) is 34.1 Å². The van der Waals surface area contributed by atoms with E-state index in [0.717, 1.165) is 56.5 Å². The van der Waals surface area contributed by atoms with Gasteiger partial charge in [0.05, 0.1) is 16.1 Å². The van der Waals surface area contributed by atoms with Crippen molar-refractivity contribution in [3.8, 4) is 0 Å². The summed E-state index contributed by atoms with van der Waals surface area (Å²) in [7, 11) is -3.27. The molecule has 6 nitrogen and oxygen atoms in total. The maximum absolute atomic E-state index is 12.0. The molecular formula is C24H28N4O2S. The first-order chi connectivity index (χ1) is 14.9. The van der Waals surface area contributed by atoms with Crippen LogP contribution in [-0.2, 0) is 22.8 Å². The maximum atomic E-state index is 12.0. The normalized spacial score (nSPS) is 18.3. The van der Waals surface area contributed by atoms with Crippen LogP contribution in [-0.4, -0.2) is 55.2 Å². The smallest absolute Gasteiger partial charge is 0.226 e. The third kappa shape index (κ3) is 4.04. The Labute approximate surface area is 183 Å². The molecule has 0 spiro atoms. The highest BCUT2D eigenvalue weighted by molar-refractivity contribution is 7.90. The Morgan fingerprint density at radius 1 is 0.968 bits per heavy atom. The Bertz CT molecular complexity index is 1230. The summed E-state index contributed by atoms with van der Waals surface area (Å²) in [4.78, 5) is 14.6. The Morgan fingerprint density at radius 2 is 1.71 bits per heavy atom. The van der Waals surface area contributed by atoms with Crippen molar-refractivity contribution in [2.45, 2.75) is 43.7 Å². The molecule has 0 aliphatic carbocycles. The second-order valence-electron chi connectivity index (χ2n) is 8.77. The number of hydrogen-bond acceptors (Lipinski definition) is 6. The van der Waals surface area contributed by atoms with Gasteiger partial charge in [0.2, 0.25) is 5.95 Å². The van der Waals surface area contributed by atoms with Crippen LogP contribution in [0.1, 0.15) is 29.7 Å². The number of piperidine rings is 1. The van der Waals surface area contributed by atoms with Crippen LogP contribution >= 0.6 is 0 Å². The highest BCUT2D eigenvalue weighted by Gasteiger charge is 2.28. The van der Waals surface area contributed by atoms with Crippen LogP contribution in [0.2, 0.25) is 0 Å². The van der Waals surface area contributed by atoms with Crippen LogP contribution in [0, 0.1) is 6.92 Å². The lowest BCUT2D eigenvalue weighted by Crippen LogP contribution is -2.47. The van der Waals surface area contributed by atoms with E-state index in [-0.39, 0.29) is 0 Å². The molecule has 0 amide bonds. The summed E-state index contributed by atoms with van der Waals surface area (Å²) in [6.45, 7) is 5.97. The molecule has 0 saturated carbocycles. The summed E-state index contributed by atoms with van der Waals surface area (Å²) >= 11 is 0. The van der Waals surface area contributed by atoms with Crippen molar-refractivity contribution in [1.29, 1.82) is 0 Å². The van der Waals surface area contributed by atoms with Gasteiger partial charge in [0.15, 0.2) is 9.84 Å². The molecule has 0 N–H and O–H groups in total. The van der Waals surface area contributed by atoms with Crippen molar-refractivity contribution in [1.82, 2.24) is 14.9 Å². The van der Waals surface area contributed by atoms with Crippen molar-refractivity contribution in [3.63, 3.8) is 0 Å².